The molecule has 3 heterocycles. The van der Waals surface area contributed by atoms with Gasteiger partial charge in [0, 0.05) is 17.7 Å². The highest BCUT2D eigenvalue weighted by molar-refractivity contribution is 7.09. The number of hydrogen-bond donors (Lipinski definition) is 2. The number of ether oxygens (including phenoxy) is 3. The molecule has 2 saturated heterocycles. The summed E-state index contributed by atoms with van der Waals surface area (Å²) in [5.74, 6) is -2.45. The third kappa shape index (κ3) is 7.50. The van der Waals surface area contributed by atoms with Gasteiger partial charge in [-0.2, -0.15) is 0 Å². The molecule has 2 aliphatic rings. The molecule has 2 aliphatic heterocycles. The Hall–Kier alpha value is -1.65. The molecule has 0 radical (unpaired) electrons. The monoisotopic (exact) mass is 551 g/mol. The molecular weight excluding hydrogens is 506 g/mol. The van der Waals surface area contributed by atoms with Crippen LogP contribution in [0.25, 0.3) is 6.08 Å². The zero-order valence-corrected chi connectivity index (χ0v) is 24.8. The minimum atomic E-state index is -1.26. The molecule has 2 fully saturated rings. The van der Waals surface area contributed by atoms with Crippen molar-refractivity contribution in [2.24, 2.45) is 17.3 Å². The molecule has 2 unspecified atom stereocenters. The standard InChI is InChI=1S/C29H45NO7S/c1-16-10-9-11-21-23(37-29(7,8)36-21)13-22(17(2)12-20-15-38-19(4)30-20)35-25(32)14-24(31)28(5,6)27(34)18(3)26(16)33/h12,15-16,18,21-24,26,31,33H,9-11,13-14H2,1-8H3/b17-12+/t16-,18+,21?,22-,23?,24-,26-/m0/s1. The number of aromatic nitrogens is 1. The second kappa shape index (κ2) is 12.3. The lowest BCUT2D eigenvalue weighted by Crippen LogP contribution is -2.46. The fourth-order valence-corrected chi connectivity index (χ4v) is 6.06. The summed E-state index contributed by atoms with van der Waals surface area (Å²) < 4.78 is 18.4. The zero-order chi connectivity index (χ0) is 28.4. The van der Waals surface area contributed by atoms with Gasteiger partial charge in [0.2, 0.25) is 0 Å². The van der Waals surface area contributed by atoms with E-state index in [1.165, 1.54) is 0 Å². The van der Waals surface area contributed by atoms with Gasteiger partial charge < -0.3 is 24.4 Å². The maximum Gasteiger partial charge on any atom is 0.309 e. The highest BCUT2D eigenvalue weighted by atomic mass is 32.1. The first-order valence-corrected chi connectivity index (χ1v) is 14.5. The van der Waals surface area contributed by atoms with Crippen LogP contribution in [0.2, 0.25) is 0 Å². The number of cyclic esters (lactones) is 1. The molecule has 0 saturated carbocycles. The highest BCUT2D eigenvalue weighted by Gasteiger charge is 2.45. The Balaban J connectivity index is 1.93. The molecule has 2 N–H and O–H groups in total. The maximum absolute atomic E-state index is 13.3. The van der Waals surface area contributed by atoms with Gasteiger partial charge in [0.1, 0.15) is 11.9 Å². The lowest BCUT2D eigenvalue weighted by Gasteiger charge is -2.34. The molecule has 3 rings (SSSR count). The summed E-state index contributed by atoms with van der Waals surface area (Å²) >= 11 is 1.55. The Kier molecular flexibility index (Phi) is 9.96. The van der Waals surface area contributed by atoms with Crippen LogP contribution in [0.4, 0.5) is 0 Å². The van der Waals surface area contributed by atoms with Crippen LogP contribution in [0.15, 0.2) is 11.0 Å². The molecule has 7 atom stereocenters. The molecule has 1 aromatic heterocycles. The summed E-state index contributed by atoms with van der Waals surface area (Å²) in [6, 6.07) is 0. The molecule has 9 heteroatoms. The van der Waals surface area contributed by atoms with Gasteiger partial charge in [-0.25, -0.2) is 4.98 Å². The smallest absolute Gasteiger partial charge is 0.309 e. The average Bonchev–Trinajstić information content (AvgIpc) is 3.36. The van der Waals surface area contributed by atoms with Crippen molar-refractivity contribution in [1.29, 1.82) is 0 Å². The number of esters is 1. The Morgan fingerprint density at radius 3 is 2.39 bits per heavy atom. The first kappa shape index (κ1) is 30.9. The third-order valence-electron chi connectivity index (χ3n) is 8.01. The molecule has 0 amide bonds. The average molecular weight is 552 g/mol. The fourth-order valence-electron chi connectivity index (χ4n) is 5.49. The first-order valence-electron chi connectivity index (χ1n) is 13.7. The Morgan fingerprint density at radius 2 is 1.76 bits per heavy atom. The normalized spacial score (nSPS) is 35.5. The number of nitrogens with zero attached hydrogens (tertiary/aromatic N) is 1. The molecule has 0 aliphatic carbocycles. The number of carbonyl (C=O) groups is 2. The third-order valence-corrected chi connectivity index (χ3v) is 8.80. The minimum absolute atomic E-state index is 0.118. The van der Waals surface area contributed by atoms with Crippen molar-refractivity contribution in [3.05, 3.63) is 21.7 Å². The number of aliphatic hydroxyl groups is 2. The number of thiazole rings is 1. The van der Waals surface area contributed by atoms with E-state index < -0.39 is 41.4 Å². The summed E-state index contributed by atoms with van der Waals surface area (Å²) in [5, 5.41) is 24.8. The lowest BCUT2D eigenvalue weighted by atomic mass is 9.73. The van der Waals surface area contributed by atoms with Crippen LogP contribution < -0.4 is 0 Å². The number of carbonyl (C=O) groups excluding carboxylic acids is 2. The number of fused-ring (bicyclic) bond motifs is 1. The predicted molar refractivity (Wildman–Crippen MR) is 146 cm³/mol. The lowest BCUT2D eigenvalue weighted by molar-refractivity contribution is -0.157. The fraction of sp³-hybridized carbons (Fsp3) is 0.759. The summed E-state index contributed by atoms with van der Waals surface area (Å²) in [4.78, 5) is 30.9. The largest absolute Gasteiger partial charge is 0.458 e. The van der Waals surface area contributed by atoms with E-state index in [2.05, 4.69) is 4.98 Å². The van der Waals surface area contributed by atoms with Crippen LogP contribution in [0.1, 0.15) is 91.3 Å². The van der Waals surface area contributed by atoms with Crippen molar-refractivity contribution < 1.29 is 34.0 Å². The highest BCUT2D eigenvalue weighted by Crippen LogP contribution is 2.37. The van der Waals surface area contributed by atoms with Crippen molar-refractivity contribution in [2.45, 2.75) is 124 Å². The van der Waals surface area contributed by atoms with Gasteiger partial charge in [0.05, 0.1) is 47.0 Å². The second-order valence-corrected chi connectivity index (χ2v) is 13.2. The summed E-state index contributed by atoms with van der Waals surface area (Å²) in [5.41, 5.74) is 0.376. The SMILES string of the molecule is C/C(=C\c1csc(C)n1)[C@@H]1CC2OC(C)(C)OC2CCC[C@H](C)[C@H](O)[C@@H](C)C(=O)C(C)(C)[C@@H](O)CC(=O)O1. The Bertz CT molecular complexity index is 1020. The number of ketones is 1. The van der Waals surface area contributed by atoms with Gasteiger partial charge in [-0.1, -0.05) is 34.1 Å². The number of aliphatic hydroxyl groups excluding tert-OH is 2. The first-order chi connectivity index (χ1) is 17.6. The summed E-state index contributed by atoms with van der Waals surface area (Å²) in [6.07, 6.45) is 0.923. The summed E-state index contributed by atoms with van der Waals surface area (Å²) in [7, 11) is 0. The Labute approximate surface area is 230 Å². The van der Waals surface area contributed by atoms with E-state index in [-0.39, 0.29) is 30.3 Å². The van der Waals surface area contributed by atoms with E-state index in [1.54, 1.807) is 32.1 Å². The Morgan fingerprint density at radius 1 is 1.11 bits per heavy atom. The van der Waals surface area contributed by atoms with Gasteiger partial charge >= 0.3 is 5.97 Å². The van der Waals surface area contributed by atoms with Crippen LogP contribution in [0.3, 0.4) is 0 Å². The predicted octanol–water partition coefficient (Wildman–Crippen LogP) is 4.84. The van der Waals surface area contributed by atoms with E-state index >= 15 is 0 Å². The van der Waals surface area contributed by atoms with Crippen molar-refractivity contribution in [3.8, 4) is 0 Å². The van der Waals surface area contributed by atoms with Crippen LogP contribution in [-0.4, -0.2) is 63.3 Å². The molecule has 214 valence electrons. The van der Waals surface area contributed by atoms with Crippen LogP contribution in [0.5, 0.6) is 0 Å². The molecule has 0 aromatic carbocycles. The van der Waals surface area contributed by atoms with Crippen molar-refractivity contribution in [2.75, 3.05) is 0 Å². The van der Waals surface area contributed by atoms with E-state index in [4.69, 9.17) is 14.2 Å². The number of hydrogen-bond acceptors (Lipinski definition) is 9. The van der Waals surface area contributed by atoms with Crippen LogP contribution in [0, 0.1) is 24.2 Å². The molecular formula is C29H45NO7S. The van der Waals surface area contributed by atoms with E-state index in [9.17, 15) is 19.8 Å². The van der Waals surface area contributed by atoms with Crippen molar-refractivity contribution >= 4 is 29.2 Å². The van der Waals surface area contributed by atoms with Gasteiger partial charge in [-0.15, -0.1) is 11.3 Å². The number of aryl methyl sites for hydroxylation is 1. The van der Waals surface area contributed by atoms with Gasteiger partial charge in [0.15, 0.2) is 5.79 Å². The quantitative estimate of drug-likeness (QED) is 0.502. The van der Waals surface area contributed by atoms with Crippen molar-refractivity contribution in [1.82, 2.24) is 4.98 Å². The molecule has 38 heavy (non-hydrogen) atoms. The number of Topliss-reactive ketones (excluding diaryl/α,β-unsaturated/α-hetero) is 1. The van der Waals surface area contributed by atoms with Gasteiger partial charge in [0.25, 0.3) is 0 Å². The van der Waals surface area contributed by atoms with E-state index in [0.29, 0.717) is 12.8 Å². The minimum Gasteiger partial charge on any atom is -0.458 e. The molecule has 8 nitrogen and oxygen atoms in total. The maximum atomic E-state index is 13.3. The zero-order valence-electron chi connectivity index (χ0n) is 24.0. The number of rotatable bonds is 2. The summed E-state index contributed by atoms with van der Waals surface area (Å²) in [6.45, 7) is 14.5. The van der Waals surface area contributed by atoms with Crippen LogP contribution in [-0.2, 0) is 23.8 Å². The van der Waals surface area contributed by atoms with Crippen LogP contribution >= 0.6 is 11.3 Å². The molecule has 0 spiro atoms. The topological polar surface area (TPSA) is 115 Å². The van der Waals surface area contributed by atoms with Gasteiger partial charge in [-0.05, 0) is 58.1 Å². The van der Waals surface area contributed by atoms with Crippen molar-refractivity contribution in [3.63, 3.8) is 0 Å². The molecule has 1 aromatic rings. The molecule has 0 bridgehead atoms. The van der Waals surface area contributed by atoms with E-state index in [0.717, 1.165) is 29.1 Å². The van der Waals surface area contributed by atoms with Gasteiger partial charge in [-0.3, -0.25) is 9.59 Å². The van der Waals surface area contributed by atoms with E-state index in [1.807, 2.05) is 46.1 Å². The second-order valence-electron chi connectivity index (χ2n) is 12.1.